The molecule has 2 unspecified atom stereocenters. The van der Waals surface area contributed by atoms with Crippen molar-refractivity contribution in [3.8, 4) is 5.75 Å². The highest BCUT2D eigenvalue weighted by molar-refractivity contribution is 7.17. The molecule has 17 nitrogen and oxygen atoms in total. The third-order valence-corrected chi connectivity index (χ3v) is 12.4. The number of amides is 5. The highest BCUT2D eigenvalue weighted by atomic mass is 32.1. The van der Waals surface area contributed by atoms with Gasteiger partial charge in [0.1, 0.15) is 23.3 Å². The highest BCUT2D eigenvalue weighted by Gasteiger charge is 2.44. The monoisotopic (exact) mass is 887 g/mol. The number of thiazole rings is 1. The van der Waals surface area contributed by atoms with Crippen LogP contribution in [-0.4, -0.2) is 154 Å². The van der Waals surface area contributed by atoms with Gasteiger partial charge in [-0.1, -0.05) is 49.3 Å². The number of hydrogen-bond acceptors (Lipinski definition) is 14. The molecule has 2 atom stereocenters. The average Bonchev–Trinajstić information content (AvgIpc) is 4.01. The molecular formula is C45H57N7O10S. The molecule has 2 aromatic heterocycles. The molecule has 0 radical (unpaired) electrons. The maximum Gasteiger partial charge on any atom is 0.263 e. The maximum atomic E-state index is 13.3. The first-order valence-corrected chi connectivity index (χ1v) is 22.7. The van der Waals surface area contributed by atoms with Crippen LogP contribution in [0.2, 0.25) is 0 Å². The first kappa shape index (κ1) is 45.8. The molecule has 18 heteroatoms. The van der Waals surface area contributed by atoms with Crippen molar-refractivity contribution >= 4 is 56.9 Å². The van der Waals surface area contributed by atoms with E-state index in [4.69, 9.17) is 23.7 Å². The summed E-state index contributed by atoms with van der Waals surface area (Å²) in [5, 5.41) is 7.58. The van der Waals surface area contributed by atoms with Crippen molar-refractivity contribution in [1.82, 2.24) is 30.4 Å². The third kappa shape index (κ3) is 12.3. The minimum Gasteiger partial charge on any atom is -0.491 e. The number of para-hydroxylation sites is 1. The van der Waals surface area contributed by atoms with Crippen LogP contribution in [0.25, 0.3) is 10.9 Å². The fourth-order valence-electron chi connectivity index (χ4n) is 7.89. The number of benzene rings is 2. The number of aromatic nitrogens is 2. The Morgan fingerprint density at radius 3 is 2.30 bits per heavy atom. The van der Waals surface area contributed by atoms with Gasteiger partial charge in [0.15, 0.2) is 5.13 Å². The van der Waals surface area contributed by atoms with Gasteiger partial charge in [0.2, 0.25) is 11.8 Å². The first-order chi connectivity index (χ1) is 30.8. The number of hydrogen-bond donors (Lipinski definition) is 3. The number of fused-ring (bicyclic) bond motifs is 2. The average molecular weight is 888 g/mol. The van der Waals surface area contributed by atoms with Crippen LogP contribution in [-0.2, 0) is 35.0 Å². The number of anilines is 1. The number of rotatable bonds is 25. The van der Waals surface area contributed by atoms with E-state index < -0.39 is 29.7 Å². The van der Waals surface area contributed by atoms with E-state index in [1.54, 1.807) is 12.3 Å². The van der Waals surface area contributed by atoms with Crippen LogP contribution < -0.4 is 20.3 Å². The predicted molar refractivity (Wildman–Crippen MR) is 235 cm³/mol. The van der Waals surface area contributed by atoms with E-state index in [0.29, 0.717) is 63.5 Å². The van der Waals surface area contributed by atoms with Crippen molar-refractivity contribution in [2.45, 2.75) is 57.5 Å². The van der Waals surface area contributed by atoms with Gasteiger partial charge in [-0.3, -0.25) is 39.1 Å². The third-order valence-electron chi connectivity index (χ3n) is 11.3. The first-order valence-electron chi connectivity index (χ1n) is 21.9. The van der Waals surface area contributed by atoms with Crippen molar-refractivity contribution in [1.29, 1.82) is 0 Å². The largest absolute Gasteiger partial charge is 0.491 e. The molecule has 0 spiro atoms. The molecule has 5 amide bonds. The van der Waals surface area contributed by atoms with Crippen molar-refractivity contribution < 1.29 is 47.7 Å². The predicted octanol–water partition coefficient (Wildman–Crippen LogP) is 3.82. The lowest BCUT2D eigenvalue weighted by atomic mass is 10.0. The summed E-state index contributed by atoms with van der Waals surface area (Å²) in [4.78, 5) is 77.1. The second-order valence-corrected chi connectivity index (χ2v) is 16.7. The summed E-state index contributed by atoms with van der Waals surface area (Å²) in [6.07, 6.45) is 7.77. The lowest BCUT2D eigenvalue weighted by Crippen LogP contribution is -2.54. The molecule has 0 saturated carbocycles. The van der Waals surface area contributed by atoms with Gasteiger partial charge in [-0.15, -0.1) is 0 Å². The molecule has 3 aliphatic heterocycles. The number of carbonyl (C=O) groups is 5. The van der Waals surface area contributed by atoms with E-state index in [-0.39, 0.29) is 42.5 Å². The van der Waals surface area contributed by atoms with Gasteiger partial charge in [-0.25, -0.2) is 4.98 Å². The highest BCUT2D eigenvalue weighted by Crippen LogP contribution is 2.30. The number of nitrogens with one attached hydrogen (secondary N) is 3. The number of aromatic amines is 1. The zero-order valence-electron chi connectivity index (χ0n) is 35.8. The van der Waals surface area contributed by atoms with Gasteiger partial charge < -0.3 is 38.9 Å². The maximum absolute atomic E-state index is 13.3. The van der Waals surface area contributed by atoms with Gasteiger partial charge in [-0.05, 0) is 49.1 Å². The van der Waals surface area contributed by atoms with Gasteiger partial charge >= 0.3 is 0 Å². The molecule has 3 aliphatic rings. The molecule has 0 aliphatic carbocycles. The zero-order chi connectivity index (χ0) is 44.0. The van der Waals surface area contributed by atoms with Gasteiger partial charge in [0.25, 0.3) is 17.7 Å². The Balaban J connectivity index is 0.679. The summed E-state index contributed by atoms with van der Waals surface area (Å²) < 4.78 is 28.3. The van der Waals surface area contributed by atoms with Gasteiger partial charge in [0, 0.05) is 62.3 Å². The van der Waals surface area contributed by atoms with Gasteiger partial charge in [-0.2, -0.15) is 0 Å². The minimum atomic E-state index is -1.01. The normalized spacial score (nSPS) is 17.4. The van der Waals surface area contributed by atoms with E-state index in [0.717, 1.165) is 74.0 Å². The second kappa shape index (κ2) is 22.9. The van der Waals surface area contributed by atoms with Crippen molar-refractivity contribution in [3.05, 3.63) is 76.4 Å². The number of nitrogens with zero attached hydrogens (tertiary/aromatic N) is 4. The fraction of sp³-hybridized carbons (Fsp3) is 0.511. The minimum absolute atomic E-state index is 0.0507. The molecule has 2 saturated heterocycles. The van der Waals surface area contributed by atoms with E-state index in [1.807, 2.05) is 6.07 Å². The van der Waals surface area contributed by atoms with Crippen molar-refractivity contribution in [2.24, 2.45) is 0 Å². The summed E-state index contributed by atoms with van der Waals surface area (Å²) in [7, 11) is 0. The molecule has 63 heavy (non-hydrogen) atoms. The van der Waals surface area contributed by atoms with E-state index in [9.17, 15) is 24.0 Å². The summed E-state index contributed by atoms with van der Waals surface area (Å²) in [5.41, 5.74) is 2.69. The van der Waals surface area contributed by atoms with Crippen LogP contribution >= 0.6 is 11.3 Å². The molecule has 3 N–H and O–H groups in total. The van der Waals surface area contributed by atoms with Crippen LogP contribution in [0.1, 0.15) is 75.0 Å². The molecule has 338 valence electrons. The Kier molecular flexibility index (Phi) is 16.6. The molecule has 5 heterocycles. The van der Waals surface area contributed by atoms with Crippen LogP contribution in [0.3, 0.4) is 0 Å². The van der Waals surface area contributed by atoms with Crippen LogP contribution in [0.15, 0.2) is 54.9 Å². The van der Waals surface area contributed by atoms with Crippen LogP contribution in [0.4, 0.5) is 5.13 Å². The van der Waals surface area contributed by atoms with E-state index in [2.05, 4.69) is 61.7 Å². The summed E-state index contributed by atoms with van der Waals surface area (Å²) in [6.45, 7) is 10.2. The van der Waals surface area contributed by atoms with Crippen LogP contribution in [0.5, 0.6) is 5.75 Å². The molecule has 2 aromatic carbocycles. The molecule has 4 aromatic rings. The van der Waals surface area contributed by atoms with Gasteiger partial charge in [0.05, 0.1) is 70.2 Å². The summed E-state index contributed by atoms with van der Waals surface area (Å²) in [5.74, 6) is -1.88. The lowest BCUT2D eigenvalue weighted by molar-refractivity contribution is -0.136. The number of H-pyrrole nitrogens is 1. The number of unbranched alkanes of at least 4 members (excludes halogenated alkanes) is 1. The SMILES string of the molecule is CCCCC(Cc1c[nH]c2ccccc12)NC(=O)c1cnc(N2CCN(CCOCCOCCOCCOCCOc3ccc4c(c3)C(=O)N(C3CCC(=O)NC3=O)C4=O)CC2)s1. The zero-order valence-corrected chi connectivity index (χ0v) is 36.6. The van der Waals surface area contributed by atoms with E-state index in [1.165, 1.54) is 34.4 Å². The standard InChI is InChI=1S/C45H57N7O10S/c1-2-3-6-32(27-31-29-46-37-8-5-4-7-34(31)37)48-42(55)39-30-47-45(63-39)51-15-13-50(14-16-51)17-18-58-19-20-59-21-22-60-23-24-61-25-26-62-33-9-10-35-36(28-33)44(57)52(43(35)56)38-11-12-40(53)49-41(38)54/h4-5,7-10,28-30,32,38,46H,2-3,6,11-27H2,1H3,(H,48,55)(H,49,53,54). The Bertz CT molecular complexity index is 2190. The topological polar surface area (TPSA) is 194 Å². The van der Waals surface area contributed by atoms with E-state index >= 15 is 0 Å². The summed E-state index contributed by atoms with van der Waals surface area (Å²) >= 11 is 1.46. The van der Waals surface area contributed by atoms with Crippen molar-refractivity contribution in [2.75, 3.05) is 97.1 Å². The number of imide groups is 2. The lowest BCUT2D eigenvalue weighted by Gasteiger charge is -2.34. The number of piperazine rings is 1. The fourth-order valence-corrected chi connectivity index (χ4v) is 8.76. The number of carbonyl (C=O) groups excluding carboxylic acids is 5. The number of piperidine rings is 1. The number of ether oxygens (including phenoxy) is 5. The Morgan fingerprint density at radius 2 is 1.57 bits per heavy atom. The molecule has 0 bridgehead atoms. The molecule has 7 rings (SSSR count). The van der Waals surface area contributed by atoms with Crippen LogP contribution in [0, 0.1) is 0 Å². The van der Waals surface area contributed by atoms with Crippen molar-refractivity contribution in [3.63, 3.8) is 0 Å². The summed E-state index contributed by atoms with van der Waals surface area (Å²) in [6, 6.07) is 11.9. The molecular weight excluding hydrogens is 831 g/mol. The quantitative estimate of drug-likeness (QED) is 0.0643. The second-order valence-electron chi connectivity index (χ2n) is 15.7. The molecule has 2 fully saturated rings. The Labute approximate surface area is 370 Å². The smallest absolute Gasteiger partial charge is 0.263 e. The Morgan fingerprint density at radius 1 is 0.873 bits per heavy atom. The Hall–Kier alpha value is -5.24.